The number of hydrogen-bond acceptors (Lipinski definition) is 2. The molecule has 1 aliphatic carbocycles. The van der Waals surface area contributed by atoms with Gasteiger partial charge in [0, 0.05) is 18.9 Å². The molecule has 0 amide bonds. The lowest BCUT2D eigenvalue weighted by molar-refractivity contribution is -0.121. The zero-order valence-electron chi connectivity index (χ0n) is 10.1. The fourth-order valence-corrected chi connectivity index (χ4v) is 3.25. The van der Waals surface area contributed by atoms with Crippen LogP contribution in [-0.4, -0.2) is 12.3 Å². The highest BCUT2D eigenvalue weighted by Crippen LogP contribution is 2.36. The highest BCUT2D eigenvalue weighted by atomic mass is 16.1. The van der Waals surface area contributed by atoms with Crippen molar-refractivity contribution in [2.75, 3.05) is 6.54 Å². The molecule has 1 aromatic rings. The summed E-state index contributed by atoms with van der Waals surface area (Å²) in [6, 6.07) is 9.24. The van der Waals surface area contributed by atoms with Crippen molar-refractivity contribution in [1.82, 2.24) is 5.32 Å². The number of carbonyl (C=O) groups is 1. The second-order valence-corrected chi connectivity index (χ2v) is 5.26. The van der Waals surface area contributed by atoms with E-state index in [0.717, 1.165) is 38.6 Å². The van der Waals surface area contributed by atoms with E-state index in [4.69, 9.17) is 0 Å². The normalized spacial score (nSPS) is 25.6. The summed E-state index contributed by atoms with van der Waals surface area (Å²) in [5.74, 6) is 1.10. The molecular formula is C15H19NO. The number of ketones is 1. The molecule has 3 rings (SSSR count). The van der Waals surface area contributed by atoms with Gasteiger partial charge in [-0.2, -0.15) is 0 Å². The molecule has 1 fully saturated rings. The van der Waals surface area contributed by atoms with Gasteiger partial charge in [-0.3, -0.25) is 4.79 Å². The van der Waals surface area contributed by atoms with Crippen molar-refractivity contribution in [3.63, 3.8) is 0 Å². The Morgan fingerprint density at radius 1 is 1.06 bits per heavy atom. The quantitative estimate of drug-likeness (QED) is 0.802. The summed E-state index contributed by atoms with van der Waals surface area (Å²) in [7, 11) is 0. The van der Waals surface area contributed by atoms with Gasteiger partial charge in [-0.15, -0.1) is 0 Å². The first kappa shape index (κ1) is 11.0. The standard InChI is InChI=1S/C15H19NO/c17-13-7-5-12(6-8-13)15-14-4-2-1-3-11(14)9-10-16-15/h1-4,12,15-16H,5-10H2. The summed E-state index contributed by atoms with van der Waals surface area (Å²) in [4.78, 5) is 11.3. The van der Waals surface area contributed by atoms with E-state index in [1.165, 1.54) is 11.1 Å². The third-order valence-corrected chi connectivity index (χ3v) is 4.21. The zero-order chi connectivity index (χ0) is 11.7. The van der Waals surface area contributed by atoms with Crippen LogP contribution < -0.4 is 5.32 Å². The molecule has 1 N–H and O–H groups in total. The number of benzene rings is 1. The Bertz CT molecular complexity index is 417. The highest BCUT2D eigenvalue weighted by Gasteiger charge is 2.30. The molecule has 0 bridgehead atoms. The van der Waals surface area contributed by atoms with Crippen LogP contribution in [0, 0.1) is 5.92 Å². The maximum atomic E-state index is 11.3. The van der Waals surface area contributed by atoms with E-state index in [-0.39, 0.29) is 0 Å². The molecule has 0 aromatic heterocycles. The van der Waals surface area contributed by atoms with Gasteiger partial charge in [0.05, 0.1) is 0 Å². The molecule has 2 heteroatoms. The second-order valence-electron chi connectivity index (χ2n) is 5.26. The summed E-state index contributed by atoms with van der Waals surface area (Å²) in [6.45, 7) is 1.08. The second kappa shape index (κ2) is 4.61. The minimum atomic E-state index is 0.449. The number of carbonyl (C=O) groups excluding carboxylic acids is 1. The third-order valence-electron chi connectivity index (χ3n) is 4.21. The van der Waals surface area contributed by atoms with Gasteiger partial charge in [-0.05, 0) is 42.9 Å². The Morgan fingerprint density at radius 3 is 2.65 bits per heavy atom. The van der Waals surface area contributed by atoms with E-state index in [1.54, 1.807) is 0 Å². The lowest BCUT2D eigenvalue weighted by Gasteiger charge is -2.35. The molecule has 1 aliphatic heterocycles. The lowest BCUT2D eigenvalue weighted by Crippen LogP contribution is -2.36. The average molecular weight is 229 g/mol. The van der Waals surface area contributed by atoms with E-state index in [0.29, 0.717) is 17.7 Å². The number of rotatable bonds is 1. The molecule has 2 nitrogen and oxygen atoms in total. The fraction of sp³-hybridized carbons (Fsp3) is 0.533. The fourth-order valence-electron chi connectivity index (χ4n) is 3.25. The van der Waals surface area contributed by atoms with E-state index in [9.17, 15) is 4.79 Å². The van der Waals surface area contributed by atoms with Crippen molar-refractivity contribution in [2.45, 2.75) is 38.1 Å². The molecule has 1 atom stereocenters. The van der Waals surface area contributed by atoms with Crippen LogP contribution >= 0.6 is 0 Å². The van der Waals surface area contributed by atoms with Crippen LogP contribution in [0.15, 0.2) is 24.3 Å². The number of fused-ring (bicyclic) bond motifs is 1. The maximum Gasteiger partial charge on any atom is 0.132 e. The smallest absolute Gasteiger partial charge is 0.132 e. The van der Waals surface area contributed by atoms with Crippen LogP contribution in [0.2, 0.25) is 0 Å². The van der Waals surface area contributed by atoms with Crippen LogP contribution in [0.25, 0.3) is 0 Å². The zero-order valence-corrected chi connectivity index (χ0v) is 10.1. The van der Waals surface area contributed by atoms with Gasteiger partial charge in [-0.1, -0.05) is 24.3 Å². The van der Waals surface area contributed by atoms with E-state index >= 15 is 0 Å². The predicted octanol–water partition coefficient (Wildman–Crippen LogP) is 2.63. The van der Waals surface area contributed by atoms with Crippen molar-refractivity contribution in [2.24, 2.45) is 5.92 Å². The topological polar surface area (TPSA) is 29.1 Å². The molecule has 90 valence electrons. The highest BCUT2D eigenvalue weighted by molar-refractivity contribution is 5.79. The van der Waals surface area contributed by atoms with Crippen LogP contribution in [0.1, 0.15) is 42.9 Å². The van der Waals surface area contributed by atoms with Gasteiger partial charge in [0.1, 0.15) is 5.78 Å². The molecule has 1 heterocycles. The molecule has 0 radical (unpaired) electrons. The molecule has 2 aliphatic rings. The summed E-state index contributed by atoms with van der Waals surface area (Å²) < 4.78 is 0. The Balaban J connectivity index is 1.83. The average Bonchev–Trinajstić information content (AvgIpc) is 2.39. The van der Waals surface area contributed by atoms with Crippen molar-refractivity contribution < 1.29 is 4.79 Å². The number of nitrogens with one attached hydrogen (secondary N) is 1. The van der Waals surface area contributed by atoms with Crippen LogP contribution in [0.3, 0.4) is 0 Å². The number of Topliss-reactive ketones (excluding diaryl/α,β-unsaturated/α-hetero) is 1. The van der Waals surface area contributed by atoms with Crippen molar-refractivity contribution >= 4 is 5.78 Å². The van der Waals surface area contributed by atoms with Crippen molar-refractivity contribution in [3.8, 4) is 0 Å². The van der Waals surface area contributed by atoms with Gasteiger partial charge in [0.15, 0.2) is 0 Å². The van der Waals surface area contributed by atoms with Crippen LogP contribution in [0.4, 0.5) is 0 Å². The van der Waals surface area contributed by atoms with Crippen molar-refractivity contribution in [3.05, 3.63) is 35.4 Å². The van der Waals surface area contributed by atoms with Gasteiger partial charge in [0.25, 0.3) is 0 Å². The van der Waals surface area contributed by atoms with Gasteiger partial charge in [0.2, 0.25) is 0 Å². The van der Waals surface area contributed by atoms with Gasteiger partial charge in [-0.25, -0.2) is 0 Å². The summed E-state index contributed by atoms with van der Waals surface area (Å²) in [5.41, 5.74) is 2.96. The van der Waals surface area contributed by atoms with E-state index in [1.807, 2.05) is 0 Å². The Labute approximate surface area is 102 Å². The first-order chi connectivity index (χ1) is 8.34. The molecule has 0 saturated heterocycles. The lowest BCUT2D eigenvalue weighted by atomic mass is 9.78. The first-order valence-electron chi connectivity index (χ1n) is 6.67. The molecule has 17 heavy (non-hydrogen) atoms. The third kappa shape index (κ3) is 2.14. The van der Waals surface area contributed by atoms with Crippen LogP contribution in [-0.2, 0) is 11.2 Å². The Hall–Kier alpha value is -1.15. The van der Waals surface area contributed by atoms with E-state index < -0.39 is 0 Å². The molecule has 1 aromatic carbocycles. The molecular weight excluding hydrogens is 210 g/mol. The monoisotopic (exact) mass is 229 g/mol. The summed E-state index contributed by atoms with van der Waals surface area (Å²) in [5, 5.41) is 3.65. The SMILES string of the molecule is O=C1CCC(C2NCCc3ccccc32)CC1. The minimum Gasteiger partial charge on any atom is -0.309 e. The predicted molar refractivity (Wildman–Crippen MR) is 67.9 cm³/mol. The van der Waals surface area contributed by atoms with Gasteiger partial charge < -0.3 is 5.32 Å². The Kier molecular flexibility index (Phi) is 2.98. The maximum absolute atomic E-state index is 11.3. The summed E-state index contributed by atoms with van der Waals surface area (Å²) in [6.07, 6.45) is 4.82. The summed E-state index contributed by atoms with van der Waals surface area (Å²) >= 11 is 0. The molecule has 0 spiro atoms. The number of hydrogen-bond donors (Lipinski definition) is 1. The van der Waals surface area contributed by atoms with Gasteiger partial charge >= 0.3 is 0 Å². The minimum absolute atomic E-state index is 0.449. The van der Waals surface area contributed by atoms with Crippen LogP contribution in [0.5, 0.6) is 0 Å². The molecule has 1 unspecified atom stereocenters. The first-order valence-corrected chi connectivity index (χ1v) is 6.67. The largest absolute Gasteiger partial charge is 0.309 e. The molecule has 1 saturated carbocycles. The Morgan fingerprint density at radius 2 is 1.82 bits per heavy atom. The van der Waals surface area contributed by atoms with Crippen molar-refractivity contribution in [1.29, 1.82) is 0 Å². The van der Waals surface area contributed by atoms with E-state index in [2.05, 4.69) is 29.6 Å².